The summed E-state index contributed by atoms with van der Waals surface area (Å²) < 4.78 is 13.8. The van der Waals surface area contributed by atoms with Crippen molar-refractivity contribution in [3.8, 4) is 0 Å². The fourth-order valence-corrected chi connectivity index (χ4v) is 2.78. The molecule has 0 aromatic heterocycles. The van der Waals surface area contributed by atoms with Crippen LogP contribution in [0.2, 0.25) is 0 Å². The van der Waals surface area contributed by atoms with E-state index in [1.165, 1.54) is 11.0 Å². The molecule has 5 nitrogen and oxygen atoms in total. The summed E-state index contributed by atoms with van der Waals surface area (Å²) in [5.74, 6) is -1.80. The number of hydrogen-bond donors (Lipinski definition) is 2. The quantitative estimate of drug-likeness (QED) is 0.898. The van der Waals surface area contributed by atoms with Crippen LogP contribution in [0.25, 0.3) is 0 Å². The Balaban J connectivity index is 2.04. The lowest BCUT2D eigenvalue weighted by atomic mass is 9.87. The van der Waals surface area contributed by atoms with Gasteiger partial charge >= 0.3 is 12.0 Å². The highest BCUT2D eigenvalue weighted by Crippen LogP contribution is 2.31. The molecule has 0 heterocycles. The molecule has 22 heavy (non-hydrogen) atoms. The van der Waals surface area contributed by atoms with Crippen LogP contribution in [0.1, 0.15) is 36.9 Å². The molecule has 6 heteroatoms. The number of aliphatic carboxylic acids is 1. The second-order valence-electron chi connectivity index (χ2n) is 5.82. The summed E-state index contributed by atoms with van der Waals surface area (Å²) in [5, 5.41) is 11.8. The molecule has 0 bridgehead atoms. The first-order chi connectivity index (χ1) is 10.4. The Bertz CT molecular complexity index is 577. The van der Waals surface area contributed by atoms with Crippen LogP contribution in [0.4, 0.5) is 9.18 Å². The Hall–Kier alpha value is -2.11. The Morgan fingerprint density at radius 1 is 1.50 bits per heavy atom. The minimum absolute atomic E-state index is 0.129. The Labute approximate surface area is 129 Å². The Morgan fingerprint density at radius 3 is 2.91 bits per heavy atom. The van der Waals surface area contributed by atoms with Crippen molar-refractivity contribution >= 4 is 12.0 Å². The largest absolute Gasteiger partial charge is 0.481 e. The third kappa shape index (κ3) is 3.55. The number of carbonyl (C=O) groups excluding carboxylic acids is 1. The SMILES string of the molecule is CC(CN(C)C(=O)NC1CCCc2c(F)cccc21)C(=O)O. The monoisotopic (exact) mass is 308 g/mol. The highest BCUT2D eigenvalue weighted by atomic mass is 19.1. The summed E-state index contributed by atoms with van der Waals surface area (Å²) in [6.45, 7) is 1.68. The van der Waals surface area contributed by atoms with Gasteiger partial charge in [-0.3, -0.25) is 4.79 Å². The van der Waals surface area contributed by atoms with Crippen molar-refractivity contribution in [2.24, 2.45) is 5.92 Å². The van der Waals surface area contributed by atoms with Gasteiger partial charge in [0.2, 0.25) is 0 Å². The molecule has 1 aromatic rings. The maximum absolute atomic E-state index is 13.8. The lowest BCUT2D eigenvalue weighted by Gasteiger charge is -2.29. The molecule has 2 rings (SSSR count). The normalized spacial score (nSPS) is 18.2. The van der Waals surface area contributed by atoms with Crippen molar-refractivity contribution in [1.82, 2.24) is 10.2 Å². The number of carbonyl (C=O) groups is 2. The van der Waals surface area contributed by atoms with Crippen molar-refractivity contribution < 1.29 is 19.1 Å². The van der Waals surface area contributed by atoms with Crippen LogP contribution in [0.5, 0.6) is 0 Å². The molecule has 0 fully saturated rings. The standard InChI is InChI=1S/C16H21FN2O3/c1-10(15(20)21)9-19(2)16(22)18-14-8-4-5-11-12(14)6-3-7-13(11)17/h3,6-7,10,14H,4-5,8-9H2,1-2H3,(H,18,22)(H,20,21). The average molecular weight is 308 g/mol. The summed E-state index contributed by atoms with van der Waals surface area (Å²) >= 11 is 0. The summed E-state index contributed by atoms with van der Waals surface area (Å²) in [4.78, 5) is 24.4. The van der Waals surface area contributed by atoms with Crippen molar-refractivity contribution in [2.45, 2.75) is 32.2 Å². The molecule has 2 atom stereocenters. The van der Waals surface area contributed by atoms with Gasteiger partial charge in [-0.15, -0.1) is 0 Å². The van der Waals surface area contributed by atoms with Gasteiger partial charge in [0.05, 0.1) is 12.0 Å². The van der Waals surface area contributed by atoms with E-state index in [1.807, 2.05) is 6.07 Å². The van der Waals surface area contributed by atoms with Crippen LogP contribution < -0.4 is 5.32 Å². The van der Waals surface area contributed by atoms with Crippen molar-refractivity contribution in [3.05, 3.63) is 35.1 Å². The number of carboxylic acids is 1. The van der Waals surface area contributed by atoms with E-state index in [2.05, 4.69) is 5.32 Å². The number of nitrogens with zero attached hydrogens (tertiary/aromatic N) is 1. The number of rotatable bonds is 4. The number of hydrogen-bond acceptors (Lipinski definition) is 2. The molecule has 2 N–H and O–H groups in total. The maximum atomic E-state index is 13.8. The van der Waals surface area contributed by atoms with Crippen LogP contribution in [-0.2, 0) is 11.2 Å². The zero-order chi connectivity index (χ0) is 16.3. The number of fused-ring (bicyclic) bond motifs is 1. The molecule has 1 aliphatic carbocycles. The van der Waals surface area contributed by atoms with Gasteiger partial charge in [-0.05, 0) is 36.5 Å². The highest BCUT2D eigenvalue weighted by molar-refractivity contribution is 5.76. The summed E-state index contributed by atoms with van der Waals surface area (Å²) in [6, 6.07) is 4.35. The number of amides is 2. The second kappa shape index (κ2) is 6.77. The number of urea groups is 1. The molecule has 0 aliphatic heterocycles. The third-order valence-electron chi connectivity index (χ3n) is 4.06. The van der Waals surface area contributed by atoms with E-state index in [0.29, 0.717) is 12.0 Å². The topological polar surface area (TPSA) is 69.6 Å². The fourth-order valence-electron chi connectivity index (χ4n) is 2.78. The molecule has 0 saturated carbocycles. The highest BCUT2D eigenvalue weighted by Gasteiger charge is 2.25. The predicted octanol–water partition coefficient (Wildman–Crippen LogP) is 2.57. The molecular weight excluding hydrogens is 287 g/mol. The summed E-state index contributed by atoms with van der Waals surface area (Å²) in [7, 11) is 1.56. The maximum Gasteiger partial charge on any atom is 0.317 e. The zero-order valence-corrected chi connectivity index (χ0v) is 12.8. The summed E-state index contributed by atoms with van der Waals surface area (Å²) in [6.07, 6.45) is 2.25. The molecule has 0 saturated heterocycles. The van der Waals surface area contributed by atoms with E-state index in [0.717, 1.165) is 18.4 Å². The molecule has 0 spiro atoms. The van der Waals surface area contributed by atoms with Gasteiger partial charge in [0.25, 0.3) is 0 Å². The van der Waals surface area contributed by atoms with E-state index in [1.54, 1.807) is 20.0 Å². The third-order valence-corrected chi connectivity index (χ3v) is 4.06. The molecule has 0 radical (unpaired) electrons. The Morgan fingerprint density at radius 2 is 2.23 bits per heavy atom. The number of nitrogens with one attached hydrogen (secondary N) is 1. The van der Waals surface area contributed by atoms with E-state index < -0.39 is 11.9 Å². The Kier molecular flexibility index (Phi) is 5.00. The van der Waals surface area contributed by atoms with Gasteiger partial charge in [-0.1, -0.05) is 19.1 Å². The lowest BCUT2D eigenvalue weighted by Crippen LogP contribution is -2.43. The number of halogens is 1. The number of benzene rings is 1. The average Bonchev–Trinajstić information content (AvgIpc) is 2.48. The van der Waals surface area contributed by atoms with Crippen molar-refractivity contribution in [2.75, 3.05) is 13.6 Å². The number of carboxylic acid groups (broad SMARTS) is 1. The van der Waals surface area contributed by atoms with Gasteiger partial charge in [0.15, 0.2) is 0 Å². The minimum atomic E-state index is -0.940. The first-order valence-electron chi connectivity index (χ1n) is 7.42. The first kappa shape index (κ1) is 16.3. The van der Waals surface area contributed by atoms with E-state index in [-0.39, 0.29) is 24.4 Å². The molecule has 2 unspecified atom stereocenters. The fraction of sp³-hybridized carbons (Fsp3) is 0.500. The summed E-state index contributed by atoms with van der Waals surface area (Å²) in [5.41, 5.74) is 1.49. The second-order valence-corrected chi connectivity index (χ2v) is 5.82. The van der Waals surface area contributed by atoms with Gasteiger partial charge in [-0.25, -0.2) is 9.18 Å². The molecule has 120 valence electrons. The predicted molar refractivity (Wildman–Crippen MR) is 80.0 cm³/mol. The molecule has 2 amide bonds. The van der Waals surface area contributed by atoms with E-state index in [9.17, 15) is 14.0 Å². The van der Waals surface area contributed by atoms with Crippen LogP contribution in [0.3, 0.4) is 0 Å². The van der Waals surface area contributed by atoms with Gasteiger partial charge in [-0.2, -0.15) is 0 Å². The van der Waals surface area contributed by atoms with Crippen LogP contribution in [0.15, 0.2) is 18.2 Å². The van der Waals surface area contributed by atoms with Crippen LogP contribution in [-0.4, -0.2) is 35.6 Å². The van der Waals surface area contributed by atoms with Crippen molar-refractivity contribution in [1.29, 1.82) is 0 Å². The van der Waals surface area contributed by atoms with Gasteiger partial charge in [0, 0.05) is 13.6 Å². The van der Waals surface area contributed by atoms with Crippen LogP contribution >= 0.6 is 0 Å². The smallest absolute Gasteiger partial charge is 0.317 e. The first-order valence-corrected chi connectivity index (χ1v) is 7.42. The molecular formula is C16H21FN2O3. The van der Waals surface area contributed by atoms with Gasteiger partial charge in [0.1, 0.15) is 5.82 Å². The zero-order valence-electron chi connectivity index (χ0n) is 12.8. The molecule has 1 aliphatic rings. The minimum Gasteiger partial charge on any atom is -0.481 e. The van der Waals surface area contributed by atoms with Crippen molar-refractivity contribution in [3.63, 3.8) is 0 Å². The van der Waals surface area contributed by atoms with Gasteiger partial charge < -0.3 is 15.3 Å². The van der Waals surface area contributed by atoms with Crippen LogP contribution in [0, 0.1) is 11.7 Å². The van der Waals surface area contributed by atoms with E-state index in [4.69, 9.17) is 5.11 Å². The molecule has 1 aromatic carbocycles. The lowest BCUT2D eigenvalue weighted by molar-refractivity contribution is -0.141. The van der Waals surface area contributed by atoms with E-state index >= 15 is 0 Å².